The molecule has 1 aliphatic rings. The van der Waals surface area contributed by atoms with Crippen LogP contribution in [-0.4, -0.2) is 29.3 Å². The fraction of sp³-hybridized carbons (Fsp3) is 0.0800. The normalized spacial score (nSPS) is 13.5. The Kier molecular flexibility index (Phi) is 5.62. The summed E-state index contributed by atoms with van der Waals surface area (Å²) in [5, 5.41) is 2.89. The zero-order valence-electron chi connectivity index (χ0n) is 16.9. The maximum atomic E-state index is 13.3. The Labute approximate surface area is 179 Å². The molecule has 0 N–H and O–H groups in total. The molecule has 1 heterocycles. The van der Waals surface area contributed by atoms with Gasteiger partial charge in [-0.05, 0) is 31.2 Å². The monoisotopic (exact) mass is 412 g/mol. The molecule has 0 aromatic heterocycles. The van der Waals surface area contributed by atoms with Gasteiger partial charge in [-0.2, -0.15) is 0 Å². The van der Waals surface area contributed by atoms with E-state index in [9.17, 15) is 14.4 Å². The third kappa shape index (κ3) is 3.71. The number of carbonyl (C=O) groups is 3. The number of ketones is 1. The number of hydrogen-bond acceptors (Lipinski definition) is 5. The molecule has 3 aromatic rings. The first kappa shape index (κ1) is 20.1. The molecule has 154 valence electrons. The highest BCUT2D eigenvalue weighted by Gasteiger charge is 2.46. The van der Waals surface area contributed by atoms with Gasteiger partial charge in [0.2, 0.25) is 0 Å². The Morgan fingerprint density at radius 3 is 1.77 bits per heavy atom. The highest BCUT2D eigenvalue weighted by molar-refractivity contribution is 6.54. The van der Waals surface area contributed by atoms with E-state index in [1.54, 1.807) is 36.2 Å². The Balaban J connectivity index is 1.98. The molecule has 0 saturated heterocycles. The number of benzene rings is 3. The number of hydrogen-bond donors (Lipinski definition) is 0. The van der Waals surface area contributed by atoms with E-state index in [4.69, 9.17) is 4.74 Å². The van der Waals surface area contributed by atoms with Crippen LogP contribution in [0.15, 0.2) is 96.6 Å². The first-order valence-corrected chi connectivity index (χ1v) is 9.89. The van der Waals surface area contributed by atoms with Crippen molar-refractivity contribution in [2.24, 2.45) is 0 Å². The van der Waals surface area contributed by atoms with Crippen LogP contribution in [0.1, 0.15) is 12.5 Å². The zero-order valence-corrected chi connectivity index (χ0v) is 16.9. The van der Waals surface area contributed by atoms with Crippen LogP contribution in [0, 0.1) is 0 Å². The summed E-state index contributed by atoms with van der Waals surface area (Å²) in [6.07, 6.45) is 0. The molecule has 0 fully saturated rings. The lowest BCUT2D eigenvalue weighted by atomic mass is 10.1. The highest BCUT2D eigenvalue weighted by atomic mass is 16.5. The van der Waals surface area contributed by atoms with Crippen LogP contribution >= 0.6 is 0 Å². The molecule has 31 heavy (non-hydrogen) atoms. The predicted octanol–water partition coefficient (Wildman–Crippen LogP) is 4.13. The molecule has 3 aromatic carbocycles. The van der Waals surface area contributed by atoms with Crippen LogP contribution in [0.2, 0.25) is 0 Å². The van der Waals surface area contributed by atoms with E-state index in [0.717, 1.165) is 0 Å². The molecule has 0 spiro atoms. The third-order valence-corrected chi connectivity index (χ3v) is 4.79. The lowest BCUT2D eigenvalue weighted by Gasteiger charge is -2.35. The van der Waals surface area contributed by atoms with Gasteiger partial charge in [0.05, 0.1) is 23.7 Å². The number of anilines is 2. The minimum absolute atomic E-state index is 0.0902. The Bertz CT molecular complexity index is 1100. The van der Waals surface area contributed by atoms with Crippen LogP contribution in [-0.2, 0) is 19.1 Å². The molecule has 0 bridgehead atoms. The summed E-state index contributed by atoms with van der Waals surface area (Å²) in [6.45, 7) is 1.74. The smallest absolute Gasteiger partial charge is 0.344 e. The van der Waals surface area contributed by atoms with E-state index >= 15 is 0 Å². The van der Waals surface area contributed by atoms with Crippen molar-refractivity contribution in [1.29, 1.82) is 0 Å². The number of Topliss-reactive ketones (excluding diaryl/α,β-unsaturated/α-hetero) is 1. The first-order chi connectivity index (χ1) is 15.1. The van der Waals surface area contributed by atoms with E-state index in [0.29, 0.717) is 16.9 Å². The molecule has 0 saturated carbocycles. The number of ether oxygens (including phenoxy) is 1. The van der Waals surface area contributed by atoms with Crippen molar-refractivity contribution in [2.45, 2.75) is 6.92 Å². The molecule has 0 unspecified atom stereocenters. The van der Waals surface area contributed by atoms with Crippen LogP contribution in [0.5, 0.6) is 0 Å². The average molecular weight is 412 g/mol. The topological polar surface area (TPSA) is 66.9 Å². The second-order valence-electron chi connectivity index (χ2n) is 6.74. The second kappa shape index (κ2) is 8.67. The van der Waals surface area contributed by atoms with E-state index < -0.39 is 17.7 Å². The van der Waals surface area contributed by atoms with Gasteiger partial charge in [-0.15, -0.1) is 0 Å². The van der Waals surface area contributed by atoms with Gasteiger partial charge >= 0.3 is 11.9 Å². The minimum atomic E-state index is -0.894. The number of carbonyl (C=O) groups excluding carboxylic acids is 3. The SMILES string of the molecule is CCOC(=O)C1=C(c2ccccc2)N(N(c2ccccc2)c2ccccc2)C(=O)C1=O. The lowest BCUT2D eigenvalue weighted by Crippen LogP contribution is -2.41. The molecular weight excluding hydrogens is 392 g/mol. The van der Waals surface area contributed by atoms with Gasteiger partial charge in [-0.25, -0.2) is 14.8 Å². The summed E-state index contributed by atoms with van der Waals surface area (Å²) in [5.74, 6) is -2.54. The maximum Gasteiger partial charge on any atom is 0.344 e. The fourth-order valence-corrected chi connectivity index (χ4v) is 3.48. The van der Waals surface area contributed by atoms with Gasteiger partial charge in [0.25, 0.3) is 5.78 Å². The quantitative estimate of drug-likeness (QED) is 0.346. The highest BCUT2D eigenvalue weighted by Crippen LogP contribution is 2.38. The van der Waals surface area contributed by atoms with Crippen LogP contribution in [0.4, 0.5) is 11.4 Å². The molecule has 1 aliphatic heterocycles. The number of rotatable bonds is 6. The first-order valence-electron chi connectivity index (χ1n) is 9.89. The number of para-hydroxylation sites is 2. The summed E-state index contributed by atoms with van der Waals surface area (Å²) in [4.78, 5) is 39.0. The fourth-order valence-electron chi connectivity index (χ4n) is 3.48. The van der Waals surface area contributed by atoms with Gasteiger partial charge in [0, 0.05) is 5.56 Å². The Morgan fingerprint density at radius 2 is 1.29 bits per heavy atom. The van der Waals surface area contributed by atoms with Crippen LogP contribution in [0.3, 0.4) is 0 Å². The molecule has 0 aliphatic carbocycles. The van der Waals surface area contributed by atoms with Crippen molar-refractivity contribution in [1.82, 2.24) is 5.01 Å². The van der Waals surface area contributed by atoms with Crippen molar-refractivity contribution < 1.29 is 19.1 Å². The molecule has 4 rings (SSSR count). The molecule has 1 amide bonds. The molecular formula is C25H20N2O4. The summed E-state index contributed by atoms with van der Waals surface area (Å²) < 4.78 is 5.12. The summed E-state index contributed by atoms with van der Waals surface area (Å²) in [7, 11) is 0. The number of amides is 1. The van der Waals surface area contributed by atoms with Gasteiger partial charge < -0.3 is 4.74 Å². The van der Waals surface area contributed by atoms with Gasteiger partial charge in [0.1, 0.15) is 5.57 Å². The largest absolute Gasteiger partial charge is 0.462 e. The average Bonchev–Trinajstić information content (AvgIpc) is 3.07. The van der Waals surface area contributed by atoms with E-state index in [2.05, 4.69) is 0 Å². The van der Waals surface area contributed by atoms with Crippen LogP contribution < -0.4 is 5.01 Å². The summed E-state index contributed by atoms with van der Waals surface area (Å²) in [5.41, 5.74) is 1.81. The number of esters is 1. The maximum absolute atomic E-state index is 13.3. The van der Waals surface area contributed by atoms with Crippen molar-refractivity contribution in [3.63, 3.8) is 0 Å². The number of hydrazine groups is 1. The van der Waals surface area contributed by atoms with E-state index in [-0.39, 0.29) is 17.9 Å². The summed E-state index contributed by atoms with van der Waals surface area (Å²) >= 11 is 0. The number of nitrogens with zero attached hydrogens (tertiary/aromatic N) is 2. The van der Waals surface area contributed by atoms with Crippen molar-refractivity contribution >= 4 is 34.7 Å². The summed E-state index contributed by atoms with van der Waals surface area (Å²) in [6, 6.07) is 27.3. The van der Waals surface area contributed by atoms with Crippen molar-refractivity contribution in [3.05, 3.63) is 102 Å². The van der Waals surface area contributed by atoms with Gasteiger partial charge in [-0.3, -0.25) is 9.59 Å². The molecule has 6 nitrogen and oxygen atoms in total. The van der Waals surface area contributed by atoms with Gasteiger partial charge in [0.15, 0.2) is 0 Å². The Morgan fingerprint density at radius 1 is 0.806 bits per heavy atom. The van der Waals surface area contributed by atoms with Crippen LogP contribution in [0.25, 0.3) is 5.70 Å². The second-order valence-corrected chi connectivity index (χ2v) is 6.74. The van der Waals surface area contributed by atoms with Crippen molar-refractivity contribution in [2.75, 3.05) is 11.6 Å². The lowest BCUT2D eigenvalue weighted by molar-refractivity contribution is -0.143. The third-order valence-electron chi connectivity index (χ3n) is 4.79. The standard InChI is InChI=1S/C25H20N2O4/c1-2-31-25(30)21-22(18-12-6-3-7-13-18)27(24(29)23(21)28)26(19-14-8-4-9-15-19)20-16-10-5-11-17-20/h3-17H,2H2,1H3. The van der Waals surface area contributed by atoms with Gasteiger partial charge in [-0.1, -0.05) is 66.7 Å². The zero-order chi connectivity index (χ0) is 21.8. The van der Waals surface area contributed by atoms with E-state index in [1.165, 1.54) is 5.01 Å². The minimum Gasteiger partial charge on any atom is -0.462 e. The van der Waals surface area contributed by atoms with Crippen molar-refractivity contribution in [3.8, 4) is 0 Å². The molecule has 0 atom stereocenters. The molecule has 0 radical (unpaired) electrons. The Hall–Kier alpha value is -4.19. The van der Waals surface area contributed by atoms with E-state index in [1.807, 2.05) is 66.7 Å². The predicted molar refractivity (Wildman–Crippen MR) is 117 cm³/mol. The molecule has 6 heteroatoms.